The standard InChI is InChI=1S/C48H54N8O2/c1-3-27-49-43(37-13-7-5-8-14-37)47(57)55-29-11-17-41(55)45-51-31-39(53-45)35-23-19-33(20-24-35)34-21-25-36(26-22-34)40-32-52-46(54-40)42-18-12-30-56(42)48(58)44(50-28-4-2)38-15-9-6-10-16-38/h5-10,13-16,19-26,31-32,41-44,49-50H,3-4,11-12,17-18,27-30H2,1-2H3,(H,51,53)(H,52,54)/t41-,42-,43+,44+/m0/s1. The first-order valence-electron chi connectivity index (χ1n) is 21.0. The molecule has 0 saturated carbocycles. The van der Waals surface area contributed by atoms with Crippen LogP contribution in [0.1, 0.15) is 99.3 Å². The molecular weight excluding hydrogens is 721 g/mol. The molecule has 4 N–H and O–H groups in total. The molecule has 0 bridgehead atoms. The summed E-state index contributed by atoms with van der Waals surface area (Å²) in [4.78, 5) is 48.6. The number of hydrogen-bond acceptors (Lipinski definition) is 6. The molecule has 4 atom stereocenters. The molecule has 2 fully saturated rings. The topological polar surface area (TPSA) is 122 Å². The van der Waals surface area contributed by atoms with Crippen molar-refractivity contribution >= 4 is 11.8 Å². The number of aromatic nitrogens is 4. The van der Waals surface area contributed by atoms with Gasteiger partial charge in [-0.3, -0.25) is 9.59 Å². The molecule has 10 nitrogen and oxygen atoms in total. The van der Waals surface area contributed by atoms with E-state index in [2.05, 4.69) is 83.0 Å². The van der Waals surface area contributed by atoms with Crippen molar-refractivity contribution in [1.29, 1.82) is 0 Å². The van der Waals surface area contributed by atoms with E-state index in [0.29, 0.717) is 0 Å². The van der Waals surface area contributed by atoms with Crippen molar-refractivity contribution in [1.82, 2.24) is 40.4 Å². The van der Waals surface area contributed by atoms with E-state index in [1.807, 2.05) is 82.9 Å². The van der Waals surface area contributed by atoms with Gasteiger partial charge in [0.25, 0.3) is 0 Å². The van der Waals surface area contributed by atoms with Crippen molar-refractivity contribution in [2.45, 2.75) is 76.5 Å². The maximum Gasteiger partial charge on any atom is 0.244 e. The van der Waals surface area contributed by atoms with Crippen LogP contribution in [0.2, 0.25) is 0 Å². The minimum Gasteiger partial charge on any atom is -0.340 e. The number of nitrogens with one attached hydrogen (secondary N) is 4. The van der Waals surface area contributed by atoms with Gasteiger partial charge in [-0.15, -0.1) is 0 Å². The van der Waals surface area contributed by atoms with E-state index in [1.54, 1.807) is 0 Å². The molecule has 10 heteroatoms. The zero-order valence-electron chi connectivity index (χ0n) is 33.5. The molecule has 2 aliphatic heterocycles. The zero-order chi connectivity index (χ0) is 39.8. The van der Waals surface area contributed by atoms with Gasteiger partial charge in [-0.2, -0.15) is 0 Å². The summed E-state index contributed by atoms with van der Waals surface area (Å²) in [5.41, 5.74) is 8.17. The van der Waals surface area contributed by atoms with Gasteiger partial charge in [0, 0.05) is 13.1 Å². The zero-order valence-corrected chi connectivity index (χ0v) is 33.5. The Morgan fingerprint density at radius 2 is 0.966 bits per heavy atom. The SMILES string of the molecule is CCCN[C@@H](C(=O)N1CCC[C@H]1c1ncc(-c2ccc(-c3ccc(-c4cnc([C@@H]5CCCN5C(=O)[C@H](NCCC)c5ccccc5)[nH]4)cc3)cc2)[nH]1)c1ccccc1. The predicted molar refractivity (Wildman–Crippen MR) is 229 cm³/mol. The molecule has 0 spiro atoms. The molecule has 2 aliphatic rings. The Hall–Kier alpha value is -5.84. The van der Waals surface area contributed by atoms with Crippen LogP contribution in [0.4, 0.5) is 0 Å². The number of carbonyl (C=O) groups excluding carboxylic acids is 2. The summed E-state index contributed by atoms with van der Waals surface area (Å²) >= 11 is 0. The number of rotatable bonds is 15. The molecule has 0 radical (unpaired) electrons. The van der Waals surface area contributed by atoms with Gasteiger partial charge in [-0.25, -0.2) is 9.97 Å². The maximum absolute atomic E-state index is 14.0. The molecule has 298 valence electrons. The molecule has 6 aromatic rings. The van der Waals surface area contributed by atoms with E-state index in [-0.39, 0.29) is 36.0 Å². The van der Waals surface area contributed by atoms with Gasteiger partial charge in [0.05, 0.1) is 35.9 Å². The fraction of sp³-hybridized carbons (Fsp3) is 0.333. The van der Waals surface area contributed by atoms with Crippen LogP contribution in [0, 0.1) is 0 Å². The number of nitrogens with zero attached hydrogens (tertiary/aromatic N) is 4. The molecule has 2 aromatic heterocycles. The van der Waals surface area contributed by atoms with Gasteiger partial charge < -0.3 is 30.4 Å². The molecule has 2 amide bonds. The average Bonchev–Trinajstić information content (AvgIpc) is 4.12. The maximum atomic E-state index is 14.0. The lowest BCUT2D eigenvalue weighted by atomic mass is 10.0. The Morgan fingerprint density at radius 1 is 0.586 bits per heavy atom. The van der Waals surface area contributed by atoms with Crippen LogP contribution in [0.15, 0.2) is 122 Å². The summed E-state index contributed by atoms with van der Waals surface area (Å²) in [6, 6.07) is 36.1. The van der Waals surface area contributed by atoms with Gasteiger partial charge in [0.2, 0.25) is 11.8 Å². The van der Waals surface area contributed by atoms with Crippen LogP contribution in [0.3, 0.4) is 0 Å². The first-order chi connectivity index (χ1) is 28.5. The quantitative estimate of drug-likeness (QED) is 0.0827. The number of benzene rings is 4. The number of likely N-dealkylation sites (tertiary alicyclic amines) is 2. The van der Waals surface area contributed by atoms with E-state index in [0.717, 1.165) is 121 Å². The number of H-pyrrole nitrogens is 2. The lowest BCUT2D eigenvalue weighted by Crippen LogP contribution is -2.41. The van der Waals surface area contributed by atoms with E-state index < -0.39 is 0 Å². The summed E-state index contributed by atoms with van der Waals surface area (Å²) in [7, 11) is 0. The summed E-state index contributed by atoms with van der Waals surface area (Å²) in [5.74, 6) is 1.86. The Balaban J connectivity index is 0.922. The Kier molecular flexibility index (Phi) is 12.2. The third-order valence-corrected chi connectivity index (χ3v) is 11.6. The monoisotopic (exact) mass is 774 g/mol. The average molecular weight is 775 g/mol. The first kappa shape index (κ1) is 39.0. The van der Waals surface area contributed by atoms with Crippen LogP contribution >= 0.6 is 0 Å². The van der Waals surface area contributed by atoms with E-state index in [1.165, 1.54) is 0 Å². The highest BCUT2D eigenvalue weighted by Gasteiger charge is 2.37. The van der Waals surface area contributed by atoms with E-state index >= 15 is 0 Å². The molecular formula is C48H54N8O2. The molecule has 0 aliphatic carbocycles. The minimum absolute atomic E-state index is 0.0842. The molecule has 58 heavy (non-hydrogen) atoms. The Bertz CT molecular complexity index is 2090. The molecule has 4 heterocycles. The Labute approximate surface area is 341 Å². The molecule has 2 saturated heterocycles. The fourth-order valence-electron chi connectivity index (χ4n) is 8.51. The van der Waals surface area contributed by atoms with E-state index in [4.69, 9.17) is 9.97 Å². The first-order valence-corrected chi connectivity index (χ1v) is 21.0. The lowest BCUT2D eigenvalue weighted by Gasteiger charge is -2.28. The van der Waals surface area contributed by atoms with Crippen molar-refractivity contribution in [2.75, 3.05) is 26.2 Å². The van der Waals surface area contributed by atoms with Crippen molar-refractivity contribution in [3.05, 3.63) is 144 Å². The normalized spacial score (nSPS) is 17.8. The second-order valence-corrected chi connectivity index (χ2v) is 15.5. The number of hydrogen-bond donors (Lipinski definition) is 4. The second kappa shape index (κ2) is 18.2. The van der Waals surface area contributed by atoms with Gasteiger partial charge in [0.15, 0.2) is 0 Å². The van der Waals surface area contributed by atoms with Gasteiger partial charge in [0.1, 0.15) is 23.7 Å². The summed E-state index contributed by atoms with van der Waals surface area (Å²) in [6.45, 7) is 7.23. The van der Waals surface area contributed by atoms with Crippen molar-refractivity contribution in [2.24, 2.45) is 0 Å². The molecule has 4 aromatic carbocycles. The van der Waals surface area contributed by atoms with Gasteiger partial charge >= 0.3 is 0 Å². The third kappa shape index (κ3) is 8.40. The highest BCUT2D eigenvalue weighted by molar-refractivity contribution is 5.85. The van der Waals surface area contributed by atoms with E-state index in [9.17, 15) is 9.59 Å². The van der Waals surface area contributed by atoms with Crippen LogP contribution in [-0.4, -0.2) is 67.7 Å². The van der Waals surface area contributed by atoms with Crippen LogP contribution in [0.5, 0.6) is 0 Å². The number of carbonyl (C=O) groups is 2. The van der Waals surface area contributed by atoms with Gasteiger partial charge in [-0.05, 0) is 85.0 Å². The summed E-state index contributed by atoms with van der Waals surface area (Å²) < 4.78 is 0. The fourth-order valence-corrected chi connectivity index (χ4v) is 8.51. The second-order valence-electron chi connectivity index (χ2n) is 15.5. The Morgan fingerprint density at radius 3 is 1.34 bits per heavy atom. The summed E-state index contributed by atoms with van der Waals surface area (Å²) in [5, 5.41) is 6.97. The highest BCUT2D eigenvalue weighted by Crippen LogP contribution is 2.36. The largest absolute Gasteiger partial charge is 0.340 e. The number of amides is 2. The van der Waals surface area contributed by atoms with Crippen LogP contribution in [0.25, 0.3) is 33.6 Å². The van der Waals surface area contributed by atoms with Crippen LogP contribution < -0.4 is 10.6 Å². The highest BCUT2D eigenvalue weighted by atomic mass is 16.2. The van der Waals surface area contributed by atoms with Crippen molar-refractivity contribution < 1.29 is 9.59 Å². The van der Waals surface area contributed by atoms with Crippen LogP contribution in [-0.2, 0) is 9.59 Å². The molecule has 8 rings (SSSR count). The predicted octanol–water partition coefficient (Wildman–Crippen LogP) is 8.94. The number of imidazole rings is 2. The third-order valence-electron chi connectivity index (χ3n) is 11.6. The number of aromatic amines is 2. The lowest BCUT2D eigenvalue weighted by molar-refractivity contribution is -0.135. The smallest absolute Gasteiger partial charge is 0.244 e. The molecule has 0 unspecified atom stereocenters. The van der Waals surface area contributed by atoms with Crippen molar-refractivity contribution in [3.8, 4) is 33.6 Å². The van der Waals surface area contributed by atoms with Gasteiger partial charge in [-0.1, -0.05) is 123 Å². The van der Waals surface area contributed by atoms with Crippen molar-refractivity contribution in [3.63, 3.8) is 0 Å². The summed E-state index contributed by atoms with van der Waals surface area (Å²) in [6.07, 6.45) is 9.34. The minimum atomic E-state index is -0.374.